The van der Waals surface area contributed by atoms with E-state index in [9.17, 15) is 9.59 Å². The average molecular weight is 434 g/mol. The summed E-state index contributed by atoms with van der Waals surface area (Å²) in [4.78, 5) is 24.8. The molecule has 0 aliphatic carbocycles. The summed E-state index contributed by atoms with van der Waals surface area (Å²) in [5.41, 5.74) is 4.35. The van der Waals surface area contributed by atoms with Crippen molar-refractivity contribution >= 4 is 11.9 Å². The molecular weight excluding hydrogens is 406 g/mol. The Morgan fingerprint density at radius 3 is 2.66 bits per heavy atom. The summed E-state index contributed by atoms with van der Waals surface area (Å²) in [7, 11) is 0. The van der Waals surface area contributed by atoms with E-state index in [2.05, 4.69) is 10.4 Å². The summed E-state index contributed by atoms with van der Waals surface area (Å²) in [6.07, 6.45) is 2.11. The number of esters is 1. The molecule has 2 aromatic carbocycles. The van der Waals surface area contributed by atoms with Gasteiger partial charge in [0.2, 0.25) is 0 Å². The first-order valence-electron chi connectivity index (χ1n) is 10.9. The second-order valence-electron chi connectivity index (χ2n) is 7.75. The van der Waals surface area contributed by atoms with E-state index in [1.54, 1.807) is 29.8 Å². The summed E-state index contributed by atoms with van der Waals surface area (Å²) in [5, 5.41) is 7.44. The molecule has 0 saturated carbocycles. The van der Waals surface area contributed by atoms with E-state index in [4.69, 9.17) is 9.47 Å². The normalized spacial score (nSPS) is 15.5. The van der Waals surface area contributed by atoms with Gasteiger partial charge < -0.3 is 14.8 Å². The minimum absolute atomic E-state index is 0.0975. The van der Waals surface area contributed by atoms with E-state index in [1.807, 2.05) is 43.3 Å². The Morgan fingerprint density at radius 1 is 1.19 bits per heavy atom. The van der Waals surface area contributed by atoms with Gasteiger partial charge in [0.1, 0.15) is 0 Å². The van der Waals surface area contributed by atoms with Crippen LogP contribution in [0.3, 0.4) is 0 Å². The summed E-state index contributed by atoms with van der Waals surface area (Å²) >= 11 is 0. The Labute approximate surface area is 187 Å². The van der Waals surface area contributed by atoms with Crippen LogP contribution in [0.5, 0.6) is 0 Å². The van der Waals surface area contributed by atoms with Crippen molar-refractivity contribution in [3.8, 4) is 16.9 Å². The lowest BCUT2D eigenvalue weighted by Gasteiger charge is -2.12. The van der Waals surface area contributed by atoms with Crippen molar-refractivity contribution in [1.29, 1.82) is 0 Å². The molecule has 32 heavy (non-hydrogen) atoms. The fourth-order valence-corrected chi connectivity index (χ4v) is 3.80. The molecule has 1 aliphatic rings. The van der Waals surface area contributed by atoms with Gasteiger partial charge in [-0.3, -0.25) is 4.79 Å². The number of hydrogen-bond acceptors (Lipinski definition) is 5. The first-order valence-corrected chi connectivity index (χ1v) is 10.9. The highest BCUT2D eigenvalue weighted by Crippen LogP contribution is 2.27. The number of amides is 1. The van der Waals surface area contributed by atoms with E-state index in [0.29, 0.717) is 12.1 Å². The van der Waals surface area contributed by atoms with Crippen molar-refractivity contribution in [2.45, 2.75) is 32.8 Å². The Kier molecular flexibility index (Phi) is 6.66. The molecule has 1 atom stereocenters. The van der Waals surface area contributed by atoms with E-state index in [1.165, 1.54) is 0 Å². The van der Waals surface area contributed by atoms with Crippen LogP contribution in [0.4, 0.5) is 0 Å². The summed E-state index contributed by atoms with van der Waals surface area (Å²) in [6.45, 7) is 5.33. The highest BCUT2D eigenvalue weighted by Gasteiger charge is 2.20. The molecule has 7 nitrogen and oxygen atoms in total. The van der Waals surface area contributed by atoms with Gasteiger partial charge in [0, 0.05) is 24.3 Å². The Balaban J connectivity index is 1.61. The van der Waals surface area contributed by atoms with Gasteiger partial charge in [-0.05, 0) is 62.6 Å². The standard InChI is InChI=1S/C25H27N3O4/c1-3-31-25(30)22-15-23(21-9-5-4-7-17(21)2)28(27-22)19-12-10-18(11-13-19)24(29)26-16-20-8-6-14-32-20/h4-5,7,9-13,15,20H,3,6,8,14,16H2,1-2H3,(H,26,29). The number of hydrogen-bond donors (Lipinski definition) is 1. The SMILES string of the molecule is CCOC(=O)c1cc(-c2ccccc2C)n(-c2ccc(C(=O)NCC3CCCO3)cc2)n1. The van der Waals surface area contributed by atoms with Gasteiger partial charge in [-0.2, -0.15) is 5.10 Å². The number of aromatic nitrogens is 2. The van der Waals surface area contributed by atoms with E-state index in [-0.39, 0.29) is 24.3 Å². The third-order valence-corrected chi connectivity index (χ3v) is 5.50. The molecule has 2 heterocycles. The number of nitrogens with zero attached hydrogens (tertiary/aromatic N) is 2. The van der Waals surface area contributed by atoms with Crippen molar-refractivity contribution in [2.75, 3.05) is 19.8 Å². The van der Waals surface area contributed by atoms with Crippen molar-refractivity contribution < 1.29 is 19.1 Å². The van der Waals surface area contributed by atoms with Crippen molar-refractivity contribution in [3.63, 3.8) is 0 Å². The van der Waals surface area contributed by atoms with Crippen LogP contribution in [0, 0.1) is 6.92 Å². The molecule has 166 valence electrons. The second-order valence-corrected chi connectivity index (χ2v) is 7.75. The minimum Gasteiger partial charge on any atom is -0.461 e. The van der Waals surface area contributed by atoms with E-state index < -0.39 is 5.97 Å². The van der Waals surface area contributed by atoms with Crippen LogP contribution in [0.1, 0.15) is 46.2 Å². The number of rotatable bonds is 7. The van der Waals surface area contributed by atoms with Gasteiger partial charge >= 0.3 is 5.97 Å². The largest absolute Gasteiger partial charge is 0.461 e. The number of carbonyl (C=O) groups excluding carboxylic acids is 2. The van der Waals surface area contributed by atoms with Gasteiger partial charge in [0.25, 0.3) is 5.91 Å². The molecule has 7 heteroatoms. The fourth-order valence-electron chi connectivity index (χ4n) is 3.80. The van der Waals surface area contributed by atoms with Gasteiger partial charge in [-0.15, -0.1) is 0 Å². The van der Waals surface area contributed by atoms with E-state index in [0.717, 1.165) is 42.0 Å². The first kappa shape index (κ1) is 21.8. The van der Waals surface area contributed by atoms with Crippen molar-refractivity contribution in [2.24, 2.45) is 0 Å². The summed E-state index contributed by atoms with van der Waals surface area (Å²) in [6, 6.07) is 16.8. The molecule has 0 radical (unpaired) electrons. The van der Waals surface area contributed by atoms with Crippen LogP contribution in [-0.2, 0) is 9.47 Å². The predicted molar refractivity (Wildman–Crippen MR) is 121 cm³/mol. The molecular formula is C25H27N3O4. The number of nitrogens with one attached hydrogen (secondary N) is 1. The molecule has 1 aliphatic heterocycles. The molecule has 4 rings (SSSR count). The number of carbonyl (C=O) groups is 2. The maximum absolute atomic E-state index is 12.5. The van der Waals surface area contributed by atoms with Crippen LogP contribution in [0.2, 0.25) is 0 Å². The molecule has 1 N–H and O–H groups in total. The topological polar surface area (TPSA) is 82.5 Å². The van der Waals surface area contributed by atoms with Gasteiger partial charge in [0.15, 0.2) is 5.69 Å². The van der Waals surface area contributed by atoms with Crippen LogP contribution in [0.15, 0.2) is 54.6 Å². The number of aryl methyl sites for hydroxylation is 1. The second kappa shape index (κ2) is 9.78. The summed E-state index contributed by atoms with van der Waals surface area (Å²) < 4.78 is 12.4. The molecule has 1 amide bonds. The van der Waals surface area contributed by atoms with Crippen molar-refractivity contribution in [3.05, 3.63) is 71.4 Å². The predicted octanol–water partition coefficient (Wildman–Crippen LogP) is 3.93. The van der Waals surface area contributed by atoms with E-state index >= 15 is 0 Å². The van der Waals surface area contributed by atoms with Crippen LogP contribution >= 0.6 is 0 Å². The van der Waals surface area contributed by atoms with Gasteiger partial charge in [-0.25, -0.2) is 9.48 Å². The third-order valence-electron chi connectivity index (χ3n) is 5.50. The van der Waals surface area contributed by atoms with Crippen LogP contribution < -0.4 is 5.32 Å². The lowest BCUT2D eigenvalue weighted by Crippen LogP contribution is -2.31. The molecule has 1 unspecified atom stereocenters. The maximum Gasteiger partial charge on any atom is 0.358 e. The number of ether oxygens (including phenoxy) is 2. The molecule has 0 bridgehead atoms. The van der Waals surface area contributed by atoms with Crippen molar-refractivity contribution in [1.82, 2.24) is 15.1 Å². The van der Waals surface area contributed by atoms with Gasteiger partial charge in [-0.1, -0.05) is 24.3 Å². The number of benzene rings is 2. The fraction of sp³-hybridized carbons (Fsp3) is 0.320. The third kappa shape index (κ3) is 4.73. The quantitative estimate of drug-likeness (QED) is 0.571. The first-order chi connectivity index (χ1) is 15.6. The molecule has 1 aromatic heterocycles. The average Bonchev–Trinajstić information content (AvgIpc) is 3.48. The molecule has 1 saturated heterocycles. The zero-order valence-corrected chi connectivity index (χ0v) is 18.3. The maximum atomic E-state index is 12.5. The lowest BCUT2D eigenvalue weighted by molar-refractivity contribution is 0.0519. The zero-order chi connectivity index (χ0) is 22.5. The summed E-state index contributed by atoms with van der Waals surface area (Å²) in [5.74, 6) is -0.606. The molecule has 0 spiro atoms. The Hall–Kier alpha value is -3.45. The lowest BCUT2D eigenvalue weighted by atomic mass is 10.1. The Morgan fingerprint density at radius 2 is 1.97 bits per heavy atom. The monoisotopic (exact) mass is 433 g/mol. The smallest absolute Gasteiger partial charge is 0.358 e. The molecule has 3 aromatic rings. The Bertz CT molecular complexity index is 1100. The molecule has 1 fully saturated rings. The minimum atomic E-state index is -0.466. The highest BCUT2D eigenvalue weighted by molar-refractivity contribution is 5.94. The van der Waals surface area contributed by atoms with Crippen LogP contribution in [0.25, 0.3) is 16.9 Å². The van der Waals surface area contributed by atoms with Gasteiger partial charge in [0.05, 0.1) is 24.1 Å². The van der Waals surface area contributed by atoms with Crippen LogP contribution in [-0.4, -0.2) is 47.5 Å². The highest BCUT2D eigenvalue weighted by atomic mass is 16.5. The zero-order valence-electron chi connectivity index (χ0n) is 18.3.